The molecule has 1 fully saturated rings. The number of nitrogens with zero attached hydrogens (tertiary/aromatic N) is 5. The van der Waals surface area contributed by atoms with Gasteiger partial charge in [-0.3, -0.25) is 14.7 Å². The minimum atomic E-state index is -0.103. The van der Waals surface area contributed by atoms with Crippen molar-refractivity contribution < 1.29 is 9.32 Å². The molecule has 0 radical (unpaired) electrons. The minimum Gasteiger partial charge on any atom is -0.360 e. The first-order chi connectivity index (χ1) is 11.1. The molecule has 0 atom stereocenters. The largest absolute Gasteiger partial charge is 0.360 e. The molecule has 0 aromatic carbocycles. The van der Waals surface area contributed by atoms with Gasteiger partial charge in [-0.2, -0.15) is 0 Å². The Bertz CT molecular complexity index is 683. The van der Waals surface area contributed by atoms with E-state index in [1.165, 1.54) is 6.20 Å². The Morgan fingerprint density at radius 3 is 2.78 bits per heavy atom. The predicted molar refractivity (Wildman–Crippen MR) is 85.6 cm³/mol. The molecule has 1 aliphatic heterocycles. The van der Waals surface area contributed by atoms with Gasteiger partial charge in [-0.1, -0.05) is 16.8 Å². The first kappa shape index (κ1) is 15.7. The second-order valence-electron chi connectivity index (χ2n) is 5.33. The molecule has 3 heterocycles. The zero-order valence-corrected chi connectivity index (χ0v) is 13.5. The monoisotopic (exact) mass is 336 g/mol. The fraction of sp³-hybridized carbons (Fsp3) is 0.429. The summed E-state index contributed by atoms with van der Waals surface area (Å²) in [5.41, 5.74) is 0. The van der Waals surface area contributed by atoms with Crippen LogP contribution in [0.5, 0.6) is 0 Å². The third-order valence-corrected chi connectivity index (χ3v) is 3.73. The number of rotatable bonds is 4. The van der Waals surface area contributed by atoms with E-state index >= 15 is 0 Å². The van der Waals surface area contributed by atoms with Gasteiger partial charge in [0.1, 0.15) is 16.7 Å². The number of nitrogens with one attached hydrogen (secondary N) is 1. The van der Waals surface area contributed by atoms with Crippen molar-refractivity contribution in [3.8, 4) is 0 Å². The van der Waals surface area contributed by atoms with Crippen LogP contribution in [0, 0.1) is 6.92 Å². The van der Waals surface area contributed by atoms with E-state index in [-0.39, 0.29) is 5.91 Å². The average molecular weight is 337 g/mol. The molecule has 0 aliphatic carbocycles. The molecule has 2 aromatic rings. The number of hydrogen-bond acceptors (Lipinski definition) is 7. The third-order valence-electron chi connectivity index (χ3n) is 3.55. The van der Waals surface area contributed by atoms with Crippen LogP contribution in [0.15, 0.2) is 23.0 Å². The van der Waals surface area contributed by atoms with Gasteiger partial charge in [0.15, 0.2) is 5.82 Å². The molecule has 122 valence electrons. The van der Waals surface area contributed by atoms with Crippen LogP contribution in [0.25, 0.3) is 0 Å². The van der Waals surface area contributed by atoms with Crippen LogP contribution >= 0.6 is 11.6 Å². The number of piperazine rings is 1. The maximum absolute atomic E-state index is 12.0. The Morgan fingerprint density at radius 1 is 1.35 bits per heavy atom. The Morgan fingerprint density at radius 2 is 2.13 bits per heavy atom. The van der Waals surface area contributed by atoms with Gasteiger partial charge in [-0.05, 0) is 6.92 Å². The highest BCUT2D eigenvalue weighted by Crippen LogP contribution is 2.15. The van der Waals surface area contributed by atoms with E-state index < -0.39 is 0 Å². The average Bonchev–Trinajstić information content (AvgIpc) is 2.93. The van der Waals surface area contributed by atoms with Crippen LogP contribution in [0.3, 0.4) is 0 Å². The second kappa shape index (κ2) is 6.93. The molecule has 1 amide bonds. The van der Waals surface area contributed by atoms with Gasteiger partial charge in [0.05, 0.1) is 18.9 Å². The SMILES string of the molecule is Cc1cc(NC(=O)CN2CCN(c3cncc(Cl)n3)CC2)no1. The van der Waals surface area contributed by atoms with Crippen LogP contribution < -0.4 is 10.2 Å². The van der Waals surface area contributed by atoms with E-state index in [0.29, 0.717) is 23.3 Å². The lowest BCUT2D eigenvalue weighted by Crippen LogP contribution is -2.49. The maximum atomic E-state index is 12.0. The van der Waals surface area contributed by atoms with E-state index in [2.05, 4.69) is 30.2 Å². The van der Waals surface area contributed by atoms with Gasteiger partial charge in [-0.15, -0.1) is 0 Å². The van der Waals surface area contributed by atoms with Crippen LogP contribution in [0.2, 0.25) is 5.15 Å². The number of carbonyl (C=O) groups is 1. The molecule has 0 saturated carbocycles. The quantitative estimate of drug-likeness (QED) is 0.897. The molecule has 23 heavy (non-hydrogen) atoms. The van der Waals surface area contributed by atoms with Crippen LogP contribution in [0.1, 0.15) is 5.76 Å². The number of carbonyl (C=O) groups excluding carboxylic acids is 1. The van der Waals surface area contributed by atoms with Crippen molar-refractivity contribution in [3.05, 3.63) is 29.4 Å². The number of aryl methyl sites for hydroxylation is 1. The van der Waals surface area contributed by atoms with Gasteiger partial charge >= 0.3 is 0 Å². The lowest BCUT2D eigenvalue weighted by molar-refractivity contribution is -0.117. The molecule has 9 heteroatoms. The highest BCUT2D eigenvalue weighted by molar-refractivity contribution is 6.29. The summed E-state index contributed by atoms with van der Waals surface area (Å²) in [7, 11) is 0. The van der Waals surface area contributed by atoms with E-state index in [9.17, 15) is 4.79 Å². The topological polar surface area (TPSA) is 87.4 Å². The molecule has 1 aliphatic rings. The first-order valence-corrected chi connectivity index (χ1v) is 7.66. The Labute approximate surface area is 138 Å². The molecule has 1 saturated heterocycles. The van der Waals surface area contributed by atoms with Crippen LogP contribution in [-0.2, 0) is 4.79 Å². The summed E-state index contributed by atoms with van der Waals surface area (Å²) in [5.74, 6) is 1.77. The molecule has 8 nitrogen and oxygen atoms in total. The summed E-state index contributed by atoms with van der Waals surface area (Å²) in [5, 5.41) is 6.85. The molecule has 0 bridgehead atoms. The Kier molecular flexibility index (Phi) is 4.73. The van der Waals surface area contributed by atoms with E-state index in [1.54, 1.807) is 19.2 Å². The fourth-order valence-corrected chi connectivity index (χ4v) is 2.57. The molecule has 2 aromatic heterocycles. The van der Waals surface area contributed by atoms with Crippen molar-refractivity contribution >= 4 is 29.1 Å². The molecule has 0 unspecified atom stereocenters. The van der Waals surface area contributed by atoms with Crippen molar-refractivity contribution in [2.45, 2.75) is 6.92 Å². The zero-order valence-electron chi connectivity index (χ0n) is 12.7. The predicted octanol–water partition coefficient (Wildman–Crippen LogP) is 1.19. The van der Waals surface area contributed by atoms with Gasteiger partial charge in [0.25, 0.3) is 0 Å². The molecule has 3 rings (SSSR count). The van der Waals surface area contributed by atoms with Gasteiger partial charge < -0.3 is 14.7 Å². The molecular weight excluding hydrogens is 320 g/mol. The number of halogens is 1. The maximum Gasteiger partial charge on any atom is 0.239 e. The molecule has 1 N–H and O–H groups in total. The van der Waals surface area contributed by atoms with Crippen molar-refractivity contribution in [3.63, 3.8) is 0 Å². The standard InChI is InChI=1S/C14H17ClN6O2/c1-10-6-12(19-23-10)18-14(22)9-20-2-4-21(5-3-20)13-8-16-7-11(15)17-13/h6-8H,2-5,9H2,1H3,(H,18,19,22). The van der Waals surface area contributed by atoms with E-state index in [0.717, 1.165) is 32.0 Å². The van der Waals surface area contributed by atoms with E-state index in [1.807, 2.05) is 0 Å². The van der Waals surface area contributed by atoms with Crippen LogP contribution in [-0.4, -0.2) is 58.7 Å². The van der Waals surface area contributed by atoms with Crippen molar-refractivity contribution in [1.29, 1.82) is 0 Å². The Hall–Kier alpha value is -2.19. The number of aromatic nitrogens is 3. The molecule has 0 spiro atoms. The zero-order chi connectivity index (χ0) is 16.2. The lowest BCUT2D eigenvalue weighted by atomic mass is 10.3. The molecular formula is C14H17ClN6O2. The smallest absolute Gasteiger partial charge is 0.239 e. The highest BCUT2D eigenvalue weighted by Gasteiger charge is 2.20. The summed E-state index contributed by atoms with van der Waals surface area (Å²) in [6.45, 7) is 5.16. The van der Waals surface area contributed by atoms with Crippen molar-refractivity contribution in [1.82, 2.24) is 20.0 Å². The summed E-state index contributed by atoms with van der Waals surface area (Å²) < 4.78 is 4.92. The number of amides is 1. The van der Waals surface area contributed by atoms with Gasteiger partial charge in [-0.25, -0.2) is 4.98 Å². The van der Waals surface area contributed by atoms with Crippen molar-refractivity contribution in [2.75, 3.05) is 42.9 Å². The minimum absolute atomic E-state index is 0.103. The van der Waals surface area contributed by atoms with Crippen molar-refractivity contribution in [2.24, 2.45) is 0 Å². The first-order valence-electron chi connectivity index (χ1n) is 7.28. The Balaban J connectivity index is 1.48. The van der Waals surface area contributed by atoms with E-state index in [4.69, 9.17) is 16.1 Å². The summed E-state index contributed by atoms with van der Waals surface area (Å²) in [4.78, 5) is 24.5. The summed E-state index contributed by atoms with van der Waals surface area (Å²) >= 11 is 5.86. The normalized spacial score (nSPS) is 15.7. The summed E-state index contributed by atoms with van der Waals surface area (Å²) in [6.07, 6.45) is 3.21. The lowest BCUT2D eigenvalue weighted by Gasteiger charge is -2.34. The van der Waals surface area contributed by atoms with Gasteiger partial charge in [0, 0.05) is 32.2 Å². The van der Waals surface area contributed by atoms with Crippen LogP contribution in [0.4, 0.5) is 11.6 Å². The second-order valence-corrected chi connectivity index (χ2v) is 5.72. The number of hydrogen-bond donors (Lipinski definition) is 1. The number of anilines is 2. The third kappa shape index (κ3) is 4.17. The fourth-order valence-electron chi connectivity index (χ4n) is 2.43. The summed E-state index contributed by atoms with van der Waals surface area (Å²) in [6, 6.07) is 1.69. The van der Waals surface area contributed by atoms with Gasteiger partial charge in [0.2, 0.25) is 5.91 Å². The highest BCUT2D eigenvalue weighted by atomic mass is 35.5.